The van der Waals surface area contributed by atoms with Gasteiger partial charge in [0.05, 0.1) is 6.54 Å². The first-order valence-corrected chi connectivity index (χ1v) is 6.30. The van der Waals surface area contributed by atoms with E-state index in [1.165, 1.54) is 0 Å². The van der Waals surface area contributed by atoms with Gasteiger partial charge in [0.15, 0.2) is 0 Å². The quantitative estimate of drug-likeness (QED) is 0.850. The Hall–Kier alpha value is -1.95. The molecule has 0 bridgehead atoms. The lowest BCUT2D eigenvalue weighted by Gasteiger charge is -2.21. The van der Waals surface area contributed by atoms with Crippen LogP contribution in [0.4, 0.5) is 0 Å². The van der Waals surface area contributed by atoms with E-state index in [2.05, 4.69) is 4.98 Å². The monoisotopic (exact) mass is 263 g/mol. The van der Waals surface area contributed by atoms with E-state index in [0.29, 0.717) is 31.7 Å². The van der Waals surface area contributed by atoms with Gasteiger partial charge in [-0.2, -0.15) is 0 Å². The smallest absolute Gasteiger partial charge is 0.317 e. The fourth-order valence-corrected chi connectivity index (χ4v) is 2.20. The van der Waals surface area contributed by atoms with Crippen LogP contribution in [0.15, 0.2) is 24.5 Å². The molecule has 1 N–H and O–H groups in total. The van der Waals surface area contributed by atoms with Crippen LogP contribution in [0, 0.1) is 0 Å². The van der Waals surface area contributed by atoms with E-state index < -0.39 is 5.97 Å². The van der Waals surface area contributed by atoms with Crippen LogP contribution >= 0.6 is 0 Å². The molecule has 0 aromatic carbocycles. The van der Waals surface area contributed by atoms with Gasteiger partial charge in [-0.1, -0.05) is 0 Å². The number of aliphatic carboxylic acids is 1. The van der Waals surface area contributed by atoms with Gasteiger partial charge in [-0.15, -0.1) is 0 Å². The number of carboxylic acid groups (broad SMARTS) is 1. The molecule has 0 saturated carbocycles. The molecule has 1 aliphatic rings. The highest BCUT2D eigenvalue weighted by atomic mass is 16.4. The molecule has 1 aromatic rings. The zero-order valence-corrected chi connectivity index (χ0v) is 10.7. The summed E-state index contributed by atoms with van der Waals surface area (Å²) in [6.45, 7) is 2.58. The second-order valence-electron chi connectivity index (χ2n) is 4.55. The number of hydrogen-bond donors (Lipinski definition) is 1. The SMILES string of the molecule is O=C(O)CN1CCCN(C(=O)c2ccncc2)CC1. The maximum atomic E-state index is 12.2. The van der Waals surface area contributed by atoms with Gasteiger partial charge in [0.2, 0.25) is 0 Å². The average molecular weight is 263 g/mol. The van der Waals surface area contributed by atoms with Crippen molar-refractivity contribution < 1.29 is 14.7 Å². The van der Waals surface area contributed by atoms with Gasteiger partial charge >= 0.3 is 5.97 Å². The average Bonchev–Trinajstić information content (AvgIpc) is 2.64. The largest absolute Gasteiger partial charge is 0.480 e. The zero-order valence-electron chi connectivity index (χ0n) is 10.7. The Kier molecular flexibility index (Phi) is 4.46. The Morgan fingerprint density at radius 1 is 1.16 bits per heavy atom. The van der Waals surface area contributed by atoms with E-state index in [4.69, 9.17) is 5.11 Å². The second-order valence-corrected chi connectivity index (χ2v) is 4.55. The van der Waals surface area contributed by atoms with Crippen molar-refractivity contribution in [3.63, 3.8) is 0 Å². The number of carbonyl (C=O) groups excluding carboxylic acids is 1. The first-order chi connectivity index (χ1) is 9.16. The molecule has 0 atom stereocenters. The highest BCUT2D eigenvalue weighted by Gasteiger charge is 2.20. The molecular formula is C13H17N3O3. The lowest BCUT2D eigenvalue weighted by atomic mass is 10.2. The van der Waals surface area contributed by atoms with E-state index in [1.54, 1.807) is 29.4 Å². The minimum atomic E-state index is -0.825. The van der Waals surface area contributed by atoms with Crippen molar-refractivity contribution in [1.29, 1.82) is 0 Å². The van der Waals surface area contributed by atoms with Crippen LogP contribution < -0.4 is 0 Å². The van der Waals surface area contributed by atoms with Gasteiger partial charge in [0.1, 0.15) is 0 Å². The van der Waals surface area contributed by atoms with Gasteiger partial charge < -0.3 is 10.0 Å². The molecule has 6 heteroatoms. The van der Waals surface area contributed by atoms with Crippen LogP contribution in [0.3, 0.4) is 0 Å². The maximum Gasteiger partial charge on any atom is 0.317 e. The molecule has 1 amide bonds. The first kappa shape index (κ1) is 13.5. The minimum Gasteiger partial charge on any atom is -0.480 e. The molecule has 102 valence electrons. The third-order valence-corrected chi connectivity index (χ3v) is 3.16. The van der Waals surface area contributed by atoms with E-state index in [-0.39, 0.29) is 12.5 Å². The van der Waals surface area contributed by atoms with Crippen molar-refractivity contribution in [2.24, 2.45) is 0 Å². The fraction of sp³-hybridized carbons (Fsp3) is 0.462. The van der Waals surface area contributed by atoms with Crippen LogP contribution in [0.5, 0.6) is 0 Å². The van der Waals surface area contributed by atoms with Crippen molar-refractivity contribution in [2.45, 2.75) is 6.42 Å². The molecule has 1 aromatic heterocycles. The first-order valence-electron chi connectivity index (χ1n) is 6.30. The Balaban J connectivity index is 1.96. The summed E-state index contributed by atoms with van der Waals surface area (Å²) in [5.74, 6) is -0.839. The number of carboxylic acids is 1. The van der Waals surface area contributed by atoms with E-state index in [0.717, 1.165) is 6.42 Å². The lowest BCUT2D eigenvalue weighted by Crippen LogP contribution is -2.36. The molecule has 1 saturated heterocycles. The second kappa shape index (κ2) is 6.29. The standard InChI is InChI=1S/C13H17N3O3/c17-12(18)10-15-6-1-7-16(9-8-15)13(19)11-2-4-14-5-3-11/h2-5H,1,6-10H2,(H,17,18). The molecule has 2 heterocycles. The lowest BCUT2D eigenvalue weighted by molar-refractivity contribution is -0.138. The van der Waals surface area contributed by atoms with Crippen molar-refractivity contribution in [3.05, 3.63) is 30.1 Å². The zero-order chi connectivity index (χ0) is 13.7. The number of amides is 1. The highest BCUT2D eigenvalue weighted by Crippen LogP contribution is 2.08. The van der Waals surface area contributed by atoms with Gasteiger partial charge in [-0.3, -0.25) is 19.5 Å². The van der Waals surface area contributed by atoms with Crippen LogP contribution in [-0.2, 0) is 4.79 Å². The number of hydrogen-bond acceptors (Lipinski definition) is 4. The summed E-state index contributed by atoms with van der Waals surface area (Å²) in [5, 5.41) is 8.78. The minimum absolute atomic E-state index is 0.0143. The van der Waals surface area contributed by atoms with Crippen molar-refractivity contribution in [1.82, 2.24) is 14.8 Å². The molecule has 19 heavy (non-hydrogen) atoms. The number of pyridine rings is 1. The fourth-order valence-electron chi connectivity index (χ4n) is 2.20. The van der Waals surface area contributed by atoms with Gasteiger partial charge in [0, 0.05) is 44.1 Å². The summed E-state index contributed by atoms with van der Waals surface area (Å²) >= 11 is 0. The van der Waals surface area contributed by atoms with Crippen molar-refractivity contribution in [2.75, 3.05) is 32.7 Å². The summed E-state index contributed by atoms with van der Waals surface area (Å²) < 4.78 is 0. The van der Waals surface area contributed by atoms with Crippen molar-refractivity contribution in [3.8, 4) is 0 Å². The highest BCUT2D eigenvalue weighted by molar-refractivity contribution is 5.94. The number of carbonyl (C=O) groups is 2. The number of rotatable bonds is 3. The normalized spacial score (nSPS) is 16.9. The topological polar surface area (TPSA) is 73.7 Å². The molecule has 2 rings (SSSR count). The Morgan fingerprint density at radius 3 is 2.58 bits per heavy atom. The summed E-state index contributed by atoms with van der Waals surface area (Å²) in [5.41, 5.74) is 0.627. The van der Waals surface area contributed by atoms with Crippen LogP contribution in [0.25, 0.3) is 0 Å². The third-order valence-electron chi connectivity index (χ3n) is 3.16. The summed E-state index contributed by atoms with van der Waals surface area (Å²) in [4.78, 5) is 30.5. The van der Waals surface area contributed by atoms with Gasteiger partial charge in [-0.25, -0.2) is 0 Å². The Labute approximate surface area is 111 Å². The van der Waals surface area contributed by atoms with E-state index >= 15 is 0 Å². The predicted molar refractivity (Wildman–Crippen MR) is 68.8 cm³/mol. The Bertz CT molecular complexity index is 450. The summed E-state index contributed by atoms with van der Waals surface area (Å²) in [6, 6.07) is 3.39. The predicted octanol–water partition coefficient (Wildman–Crippen LogP) is 0.314. The van der Waals surface area contributed by atoms with E-state index in [1.807, 2.05) is 4.90 Å². The number of nitrogens with zero attached hydrogens (tertiary/aromatic N) is 3. The molecule has 0 aliphatic carbocycles. The maximum absolute atomic E-state index is 12.2. The van der Waals surface area contributed by atoms with E-state index in [9.17, 15) is 9.59 Å². The molecular weight excluding hydrogens is 246 g/mol. The molecule has 0 unspecified atom stereocenters. The molecule has 1 aliphatic heterocycles. The van der Waals surface area contributed by atoms with Gasteiger partial charge in [-0.05, 0) is 18.6 Å². The van der Waals surface area contributed by atoms with Crippen molar-refractivity contribution >= 4 is 11.9 Å². The molecule has 6 nitrogen and oxygen atoms in total. The van der Waals surface area contributed by atoms with Crippen LogP contribution in [0.2, 0.25) is 0 Å². The summed E-state index contributed by atoms with van der Waals surface area (Å²) in [6.07, 6.45) is 3.99. The van der Waals surface area contributed by atoms with Crippen LogP contribution in [-0.4, -0.2) is 64.5 Å². The Morgan fingerprint density at radius 2 is 1.89 bits per heavy atom. The summed E-state index contributed by atoms with van der Waals surface area (Å²) in [7, 11) is 0. The number of aromatic nitrogens is 1. The molecule has 0 spiro atoms. The third kappa shape index (κ3) is 3.75. The van der Waals surface area contributed by atoms with Gasteiger partial charge in [0.25, 0.3) is 5.91 Å². The molecule has 0 radical (unpaired) electrons. The molecule has 1 fully saturated rings. The van der Waals surface area contributed by atoms with Crippen LogP contribution in [0.1, 0.15) is 16.8 Å².